The highest BCUT2D eigenvalue weighted by Crippen LogP contribution is 2.13. The molecule has 88 valence electrons. The van der Waals surface area contributed by atoms with Crippen molar-refractivity contribution in [2.24, 2.45) is 0 Å². The summed E-state index contributed by atoms with van der Waals surface area (Å²) in [7, 11) is 0. The maximum atomic E-state index is 11.7. The Morgan fingerprint density at radius 1 is 1.06 bits per heavy atom. The molecular formula is C11H16N2O3. The van der Waals surface area contributed by atoms with Crippen LogP contribution >= 0.6 is 0 Å². The molecule has 3 amide bonds. The molecule has 5 heteroatoms. The zero-order valence-corrected chi connectivity index (χ0v) is 9.28. The fourth-order valence-electron chi connectivity index (χ4n) is 2.20. The minimum Gasteiger partial charge on any atom is -0.343 e. The third kappa shape index (κ3) is 2.23. The second-order valence-corrected chi connectivity index (χ2v) is 4.28. The Morgan fingerprint density at radius 3 is 2.19 bits per heavy atom. The fourth-order valence-corrected chi connectivity index (χ4v) is 2.20. The average molecular weight is 224 g/mol. The Bertz CT molecular complexity index is 305. The van der Waals surface area contributed by atoms with Crippen LogP contribution in [0, 0.1) is 0 Å². The van der Waals surface area contributed by atoms with E-state index in [0.717, 1.165) is 25.9 Å². The van der Waals surface area contributed by atoms with Crippen LogP contribution in [0.5, 0.6) is 0 Å². The molecule has 0 aromatic heterocycles. The van der Waals surface area contributed by atoms with Crippen LogP contribution in [0.2, 0.25) is 0 Å². The molecule has 16 heavy (non-hydrogen) atoms. The number of carbonyl (C=O) groups excluding carboxylic acids is 3. The van der Waals surface area contributed by atoms with Crippen LogP contribution in [0.25, 0.3) is 0 Å². The maximum Gasteiger partial charge on any atom is 0.229 e. The summed E-state index contributed by atoms with van der Waals surface area (Å²) < 4.78 is 0. The van der Waals surface area contributed by atoms with E-state index in [2.05, 4.69) is 0 Å². The first-order valence-corrected chi connectivity index (χ1v) is 5.79. The van der Waals surface area contributed by atoms with Crippen molar-refractivity contribution in [2.45, 2.75) is 32.1 Å². The molecule has 0 spiro atoms. The van der Waals surface area contributed by atoms with Gasteiger partial charge in [-0.05, 0) is 12.8 Å². The predicted molar refractivity (Wildman–Crippen MR) is 56.4 cm³/mol. The molecule has 0 saturated carbocycles. The third-order valence-corrected chi connectivity index (χ3v) is 3.16. The normalized spacial score (nSPS) is 21.0. The van der Waals surface area contributed by atoms with Crippen LogP contribution in [-0.2, 0) is 14.4 Å². The van der Waals surface area contributed by atoms with E-state index in [-0.39, 0.29) is 30.7 Å². The van der Waals surface area contributed by atoms with Gasteiger partial charge in [-0.15, -0.1) is 0 Å². The number of hydrogen-bond acceptors (Lipinski definition) is 3. The minimum absolute atomic E-state index is 0.0602. The second kappa shape index (κ2) is 4.63. The molecule has 2 rings (SSSR count). The van der Waals surface area contributed by atoms with Gasteiger partial charge in [-0.3, -0.25) is 19.3 Å². The highest BCUT2D eigenvalue weighted by molar-refractivity contribution is 6.02. The van der Waals surface area contributed by atoms with Crippen molar-refractivity contribution < 1.29 is 14.4 Å². The molecule has 0 N–H and O–H groups in total. The van der Waals surface area contributed by atoms with Crippen molar-refractivity contribution >= 4 is 17.7 Å². The van der Waals surface area contributed by atoms with Crippen LogP contribution < -0.4 is 0 Å². The number of amides is 3. The molecule has 2 saturated heterocycles. The molecule has 0 radical (unpaired) electrons. The summed E-state index contributed by atoms with van der Waals surface area (Å²) in [6.07, 6.45) is 3.01. The van der Waals surface area contributed by atoms with Gasteiger partial charge in [0.25, 0.3) is 0 Å². The zero-order valence-electron chi connectivity index (χ0n) is 9.28. The van der Waals surface area contributed by atoms with Gasteiger partial charge in [0.05, 0.1) is 0 Å². The molecule has 2 fully saturated rings. The number of nitrogens with zero attached hydrogens (tertiary/aromatic N) is 2. The number of rotatable bonds is 3. The van der Waals surface area contributed by atoms with Crippen LogP contribution in [-0.4, -0.2) is 47.2 Å². The lowest BCUT2D eigenvalue weighted by molar-refractivity contribution is -0.139. The van der Waals surface area contributed by atoms with Crippen LogP contribution in [0.15, 0.2) is 0 Å². The van der Waals surface area contributed by atoms with Crippen molar-refractivity contribution in [1.82, 2.24) is 9.80 Å². The van der Waals surface area contributed by atoms with Crippen molar-refractivity contribution in [3.63, 3.8) is 0 Å². The molecule has 5 nitrogen and oxygen atoms in total. The van der Waals surface area contributed by atoms with Crippen molar-refractivity contribution in [1.29, 1.82) is 0 Å². The van der Waals surface area contributed by atoms with Crippen molar-refractivity contribution in [3.05, 3.63) is 0 Å². The Morgan fingerprint density at radius 2 is 1.62 bits per heavy atom. The van der Waals surface area contributed by atoms with Gasteiger partial charge in [-0.1, -0.05) is 0 Å². The fraction of sp³-hybridized carbons (Fsp3) is 0.727. The zero-order chi connectivity index (χ0) is 11.5. The first-order valence-electron chi connectivity index (χ1n) is 5.79. The first-order chi connectivity index (χ1) is 7.68. The van der Waals surface area contributed by atoms with E-state index < -0.39 is 0 Å². The summed E-state index contributed by atoms with van der Waals surface area (Å²) in [4.78, 5) is 37.3. The number of hydrogen-bond donors (Lipinski definition) is 0. The first kappa shape index (κ1) is 11.1. The predicted octanol–water partition coefficient (Wildman–Crippen LogP) is 0.148. The summed E-state index contributed by atoms with van der Waals surface area (Å²) in [5, 5.41) is 0. The highest BCUT2D eigenvalue weighted by atomic mass is 16.2. The van der Waals surface area contributed by atoms with Gasteiger partial charge in [0.2, 0.25) is 17.7 Å². The quantitative estimate of drug-likeness (QED) is 0.641. The monoisotopic (exact) mass is 224 g/mol. The van der Waals surface area contributed by atoms with Crippen LogP contribution in [0.1, 0.15) is 32.1 Å². The van der Waals surface area contributed by atoms with Gasteiger partial charge in [0.15, 0.2) is 0 Å². The topological polar surface area (TPSA) is 57.7 Å². The molecule has 2 heterocycles. The third-order valence-electron chi connectivity index (χ3n) is 3.16. The number of carbonyl (C=O) groups is 3. The largest absolute Gasteiger partial charge is 0.343 e. The van der Waals surface area contributed by atoms with Crippen molar-refractivity contribution in [3.8, 4) is 0 Å². The summed E-state index contributed by atoms with van der Waals surface area (Å²) >= 11 is 0. The highest BCUT2D eigenvalue weighted by Gasteiger charge is 2.29. The smallest absolute Gasteiger partial charge is 0.229 e. The molecule has 0 aliphatic carbocycles. The van der Waals surface area contributed by atoms with Gasteiger partial charge in [0.1, 0.15) is 0 Å². The van der Waals surface area contributed by atoms with Gasteiger partial charge in [-0.25, -0.2) is 0 Å². The molecular weight excluding hydrogens is 208 g/mol. The average Bonchev–Trinajstić information content (AvgIpc) is 2.87. The molecule has 0 unspecified atom stereocenters. The van der Waals surface area contributed by atoms with Gasteiger partial charge >= 0.3 is 0 Å². The SMILES string of the molecule is O=C(CCN1C(=O)CCC1=O)N1CCCC1. The van der Waals surface area contributed by atoms with Gasteiger partial charge in [-0.2, -0.15) is 0 Å². The summed E-state index contributed by atoms with van der Waals surface area (Å²) in [6, 6.07) is 0. The standard InChI is InChI=1S/C11H16N2O3/c14-9(12-6-1-2-7-12)5-8-13-10(15)3-4-11(13)16/h1-8H2. The molecule has 0 bridgehead atoms. The lowest BCUT2D eigenvalue weighted by Gasteiger charge is -2.18. The second-order valence-electron chi connectivity index (χ2n) is 4.28. The van der Waals surface area contributed by atoms with Crippen LogP contribution in [0.4, 0.5) is 0 Å². The van der Waals surface area contributed by atoms with Gasteiger partial charge < -0.3 is 4.90 Å². The lowest BCUT2D eigenvalue weighted by atomic mass is 10.3. The van der Waals surface area contributed by atoms with Crippen LogP contribution in [0.3, 0.4) is 0 Å². The van der Waals surface area contributed by atoms with E-state index in [1.54, 1.807) is 0 Å². The van der Waals surface area contributed by atoms with E-state index in [9.17, 15) is 14.4 Å². The molecule has 0 aromatic rings. The van der Waals surface area contributed by atoms with E-state index in [1.807, 2.05) is 4.90 Å². The maximum absolute atomic E-state index is 11.7. The van der Waals surface area contributed by atoms with E-state index >= 15 is 0 Å². The van der Waals surface area contributed by atoms with Gasteiger partial charge in [0, 0.05) is 38.9 Å². The summed E-state index contributed by atoms with van der Waals surface area (Å²) in [5.74, 6) is -0.219. The molecule has 2 aliphatic heterocycles. The summed E-state index contributed by atoms with van der Waals surface area (Å²) in [5.41, 5.74) is 0. The summed E-state index contributed by atoms with van der Waals surface area (Å²) in [6.45, 7) is 1.90. The Balaban J connectivity index is 1.80. The Kier molecular flexibility index (Phi) is 3.22. The van der Waals surface area contributed by atoms with E-state index in [0.29, 0.717) is 12.8 Å². The Hall–Kier alpha value is -1.39. The number of likely N-dealkylation sites (tertiary alicyclic amines) is 2. The molecule has 2 aliphatic rings. The minimum atomic E-state index is -0.140. The Labute approximate surface area is 94.4 Å². The molecule has 0 atom stereocenters. The molecule has 0 aromatic carbocycles. The van der Waals surface area contributed by atoms with E-state index in [1.165, 1.54) is 4.90 Å². The van der Waals surface area contributed by atoms with Crippen molar-refractivity contribution in [2.75, 3.05) is 19.6 Å². The lowest BCUT2D eigenvalue weighted by Crippen LogP contribution is -2.35. The number of imide groups is 1. The van der Waals surface area contributed by atoms with E-state index in [4.69, 9.17) is 0 Å².